The molecular formula is C16H17ClN6O4S. The molecule has 2 aromatic rings. The van der Waals surface area contributed by atoms with Crippen LogP contribution in [0.5, 0.6) is 0 Å². The molecule has 1 aliphatic carbocycles. The second kappa shape index (κ2) is 8.57. The number of carbonyl (C=O) groups excluding carboxylic acids is 2. The Kier molecular flexibility index (Phi) is 6.15. The summed E-state index contributed by atoms with van der Waals surface area (Å²) in [5.74, 6) is 0.297. The number of nitrogens with one attached hydrogen (secondary N) is 1. The van der Waals surface area contributed by atoms with Gasteiger partial charge in [0.15, 0.2) is 5.16 Å². The maximum absolute atomic E-state index is 12.3. The van der Waals surface area contributed by atoms with Gasteiger partial charge in [-0.3, -0.25) is 19.7 Å². The molecule has 1 aromatic heterocycles. The number of nitro benzene ring substituents is 1. The standard InChI is InChI=1S/C16H17ClN6O4S/c17-11-4-3-10(23(26)27)7-12(11)19-14(25)8-28-16-21-20-15(9-1-2-9)22(16)6-5-13(18)24/h3-4,7,9H,1-2,5-6,8H2,(H2,18,24)(H,19,25). The highest BCUT2D eigenvalue weighted by Gasteiger charge is 2.30. The number of hydrogen-bond acceptors (Lipinski definition) is 7. The minimum atomic E-state index is -0.568. The van der Waals surface area contributed by atoms with E-state index < -0.39 is 16.7 Å². The van der Waals surface area contributed by atoms with Crippen LogP contribution in [0.15, 0.2) is 23.4 Å². The van der Waals surface area contributed by atoms with Crippen molar-refractivity contribution in [3.63, 3.8) is 0 Å². The molecule has 3 rings (SSSR count). The summed E-state index contributed by atoms with van der Waals surface area (Å²) in [7, 11) is 0. The van der Waals surface area contributed by atoms with Gasteiger partial charge in [0.2, 0.25) is 11.8 Å². The number of benzene rings is 1. The quantitative estimate of drug-likeness (QED) is 0.356. The zero-order valence-electron chi connectivity index (χ0n) is 14.6. The van der Waals surface area contributed by atoms with Crippen LogP contribution in [0.25, 0.3) is 0 Å². The number of nitro groups is 1. The van der Waals surface area contributed by atoms with Crippen LogP contribution in [0, 0.1) is 10.1 Å². The third kappa shape index (κ3) is 4.98. The lowest BCUT2D eigenvalue weighted by atomic mass is 10.3. The van der Waals surface area contributed by atoms with E-state index in [1.165, 1.54) is 18.2 Å². The molecule has 0 bridgehead atoms. The summed E-state index contributed by atoms with van der Waals surface area (Å²) in [6, 6.07) is 3.81. The number of carbonyl (C=O) groups is 2. The van der Waals surface area contributed by atoms with Crippen molar-refractivity contribution in [2.45, 2.75) is 36.9 Å². The summed E-state index contributed by atoms with van der Waals surface area (Å²) < 4.78 is 1.82. The zero-order chi connectivity index (χ0) is 20.3. The molecule has 3 N–H and O–H groups in total. The first-order valence-corrected chi connectivity index (χ1v) is 9.79. The van der Waals surface area contributed by atoms with Crippen LogP contribution in [0.2, 0.25) is 5.02 Å². The van der Waals surface area contributed by atoms with E-state index in [1.807, 2.05) is 4.57 Å². The average molecular weight is 425 g/mol. The normalized spacial score (nSPS) is 13.3. The van der Waals surface area contributed by atoms with Crippen molar-refractivity contribution >= 4 is 46.6 Å². The molecule has 2 amide bonds. The molecule has 28 heavy (non-hydrogen) atoms. The van der Waals surface area contributed by atoms with E-state index >= 15 is 0 Å². The Morgan fingerprint density at radius 3 is 2.79 bits per heavy atom. The molecule has 148 valence electrons. The van der Waals surface area contributed by atoms with Gasteiger partial charge in [0.1, 0.15) is 5.82 Å². The number of hydrogen-bond donors (Lipinski definition) is 2. The third-order valence-electron chi connectivity index (χ3n) is 4.04. The van der Waals surface area contributed by atoms with Crippen LogP contribution in [-0.4, -0.2) is 37.3 Å². The molecule has 12 heteroatoms. The lowest BCUT2D eigenvalue weighted by Gasteiger charge is -2.09. The lowest BCUT2D eigenvalue weighted by Crippen LogP contribution is -2.17. The van der Waals surface area contributed by atoms with Gasteiger partial charge in [0.05, 0.1) is 21.4 Å². The van der Waals surface area contributed by atoms with E-state index in [9.17, 15) is 19.7 Å². The lowest BCUT2D eigenvalue weighted by molar-refractivity contribution is -0.384. The second-order valence-electron chi connectivity index (χ2n) is 6.24. The number of halogens is 1. The van der Waals surface area contributed by atoms with Crippen LogP contribution >= 0.6 is 23.4 Å². The fourth-order valence-corrected chi connectivity index (χ4v) is 3.46. The monoisotopic (exact) mass is 424 g/mol. The summed E-state index contributed by atoms with van der Waals surface area (Å²) in [5, 5.41) is 22.4. The van der Waals surface area contributed by atoms with Gasteiger partial charge in [-0.1, -0.05) is 23.4 Å². The summed E-state index contributed by atoms with van der Waals surface area (Å²) in [6.07, 6.45) is 2.19. The molecule has 1 saturated carbocycles. The number of primary amides is 1. The van der Waals surface area contributed by atoms with Crippen molar-refractivity contribution in [2.24, 2.45) is 5.73 Å². The maximum Gasteiger partial charge on any atom is 0.271 e. The molecule has 1 heterocycles. The number of rotatable bonds is 9. The summed E-state index contributed by atoms with van der Waals surface area (Å²) in [4.78, 5) is 33.7. The first kappa shape index (κ1) is 20.1. The van der Waals surface area contributed by atoms with E-state index in [2.05, 4.69) is 15.5 Å². The van der Waals surface area contributed by atoms with Gasteiger partial charge in [0.25, 0.3) is 5.69 Å². The molecule has 0 atom stereocenters. The Bertz CT molecular complexity index is 930. The van der Waals surface area contributed by atoms with Crippen molar-refractivity contribution in [1.29, 1.82) is 0 Å². The summed E-state index contributed by atoms with van der Waals surface area (Å²) in [6.45, 7) is 0.356. The van der Waals surface area contributed by atoms with E-state index in [0.29, 0.717) is 17.6 Å². The number of nitrogens with two attached hydrogens (primary N) is 1. The van der Waals surface area contributed by atoms with Crippen molar-refractivity contribution < 1.29 is 14.5 Å². The number of nitrogens with zero attached hydrogens (tertiary/aromatic N) is 4. The van der Waals surface area contributed by atoms with Crippen LogP contribution < -0.4 is 11.1 Å². The Labute approximate surface area is 169 Å². The first-order chi connectivity index (χ1) is 13.3. The molecule has 1 aliphatic rings. The van der Waals surface area contributed by atoms with Crippen LogP contribution in [0.4, 0.5) is 11.4 Å². The number of anilines is 1. The third-order valence-corrected chi connectivity index (χ3v) is 5.33. The Hall–Kier alpha value is -2.66. The molecule has 1 aromatic carbocycles. The van der Waals surface area contributed by atoms with E-state index in [0.717, 1.165) is 30.4 Å². The smallest absolute Gasteiger partial charge is 0.271 e. The van der Waals surface area contributed by atoms with E-state index in [-0.39, 0.29) is 28.6 Å². The Morgan fingerprint density at radius 2 is 2.14 bits per heavy atom. The highest BCUT2D eigenvalue weighted by Crippen LogP contribution is 2.40. The number of non-ortho nitro benzene ring substituents is 1. The topological polar surface area (TPSA) is 146 Å². The average Bonchev–Trinajstić information content (AvgIpc) is 3.40. The van der Waals surface area contributed by atoms with Crippen LogP contribution in [0.1, 0.15) is 31.0 Å². The minimum absolute atomic E-state index is 0.00160. The fourth-order valence-electron chi connectivity index (χ4n) is 2.52. The molecule has 10 nitrogen and oxygen atoms in total. The largest absolute Gasteiger partial charge is 0.370 e. The highest BCUT2D eigenvalue weighted by atomic mass is 35.5. The maximum atomic E-state index is 12.3. The Balaban J connectivity index is 1.65. The van der Waals surface area contributed by atoms with Crippen LogP contribution in [-0.2, 0) is 16.1 Å². The summed E-state index contributed by atoms with van der Waals surface area (Å²) >= 11 is 7.15. The van der Waals surface area contributed by atoms with Gasteiger partial charge in [0, 0.05) is 31.0 Å². The number of amides is 2. The second-order valence-corrected chi connectivity index (χ2v) is 7.59. The van der Waals surface area contributed by atoms with Gasteiger partial charge >= 0.3 is 0 Å². The SMILES string of the molecule is NC(=O)CCn1c(SCC(=O)Nc2cc([N+](=O)[O-])ccc2Cl)nnc1C1CC1. The van der Waals surface area contributed by atoms with E-state index in [4.69, 9.17) is 17.3 Å². The van der Waals surface area contributed by atoms with Crippen molar-refractivity contribution in [3.05, 3.63) is 39.2 Å². The van der Waals surface area contributed by atoms with Gasteiger partial charge in [-0.15, -0.1) is 10.2 Å². The fraction of sp³-hybridized carbons (Fsp3) is 0.375. The van der Waals surface area contributed by atoms with E-state index in [1.54, 1.807) is 0 Å². The van der Waals surface area contributed by atoms with Gasteiger partial charge in [-0.25, -0.2) is 0 Å². The summed E-state index contributed by atoms with van der Waals surface area (Å²) in [5.41, 5.74) is 5.22. The van der Waals surface area contributed by atoms with Crippen molar-refractivity contribution in [2.75, 3.05) is 11.1 Å². The van der Waals surface area contributed by atoms with Gasteiger partial charge in [-0.2, -0.15) is 0 Å². The highest BCUT2D eigenvalue weighted by molar-refractivity contribution is 7.99. The zero-order valence-corrected chi connectivity index (χ0v) is 16.2. The minimum Gasteiger partial charge on any atom is -0.370 e. The predicted octanol–water partition coefficient (Wildman–Crippen LogP) is 2.32. The van der Waals surface area contributed by atoms with Gasteiger partial charge in [-0.05, 0) is 18.9 Å². The molecule has 0 radical (unpaired) electrons. The first-order valence-electron chi connectivity index (χ1n) is 8.43. The molecular weight excluding hydrogens is 408 g/mol. The molecule has 0 spiro atoms. The number of aromatic nitrogens is 3. The van der Waals surface area contributed by atoms with Crippen molar-refractivity contribution in [3.8, 4) is 0 Å². The Morgan fingerprint density at radius 1 is 1.39 bits per heavy atom. The number of thioether (sulfide) groups is 1. The predicted molar refractivity (Wildman–Crippen MR) is 103 cm³/mol. The van der Waals surface area contributed by atoms with Gasteiger partial charge < -0.3 is 15.6 Å². The molecule has 1 fully saturated rings. The van der Waals surface area contributed by atoms with Crippen LogP contribution in [0.3, 0.4) is 0 Å². The molecule has 0 saturated heterocycles. The van der Waals surface area contributed by atoms with Crippen molar-refractivity contribution in [1.82, 2.24) is 14.8 Å². The molecule has 0 unspecified atom stereocenters. The molecule has 0 aliphatic heterocycles.